The summed E-state index contributed by atoms with van der Waals surface area (Å²) in [6.07, 6.45) is 0. The summed E-state index contributed by atoms with van der Waals surface area (Å²) in [5.41, 5.74) is 1.93. The number of carbonyl (C=O) groups is 1. The van der Waals surface area contributed by atoms with Crippen LogP contribution in [0.15, 0.2) is 28.7 Å². The minimum Gasteiger partial charge on any atom is -0.480 e. The van der Waals surface area contributed by atoms with Crippen LogP contribution in [0.5, 0.6) is 0 Å². The number of benzene rings is 1. The molecule has 2 aromatic rings. The number of fused-ring (bicyclic) bond motifs is 1. The molecule has 0 spiro atoms. The Balaban J connectivity index is 2.20. The monoisotopic (exact) mass is 290 g/mol. The molecule has 0 fully saturated rings. The largest absolute Gasteiger partial charge is 0.480 e. The highest BCUT2D eigenvalue weighted by Gasteiger charge is 2.16. The van der Waals surface area contributed by atoms with E-state index in [4.69, 9.17) is 9.52 Å². The molecule has 0 atom stereocenters. The third kappa shape index (κ3) is 4.06. The highest BCUT2D eigenvalue weighted by molar-refractivity contribution is 5.82. The number of hydrogen-bond acceptors (Lipinski definition) is 4. The van der Waals surface area contributed by atoms with Gasteiger partial charge in [0.25, 0.3) is 0 Å². The van der Waals surface area contributed by atoms with Crippen molar-refractivity contribution in [3.05, 3.63) is 35.6 Å². The number of carboxylic acids is 1. The summed E-state index contributed by atoms with van der Waals surface area (Å²) in [5.74, 6) is 0.0515. The molecule has 0 radical (unpaired) electrons. The van der Waals surface area contributed by atoms with Crippen LogP contribution in [0.1, 0.15) is 11.3 Å². The van der Waals surface area contributed by atoms with Gasteiger partial charge in [-0.2, -0.15) is 0 Å². The van der Waals surface area contributed by atoms with Crippen LogP contribution in [-0.4, -0.2) is 54.6 Å². The van der Waals surface area contributed by atoms with Crippen LogP contribution < -0.4 is 0 Å². The molecule has 2 rings (SSSR count). The first-order valence-electron chi connectivity index (χ1n) is 7.03. The van der Waals surface area contributed by atoms with E-state index in [1.807, 2.05) is 50.2 Å². The Hall–Kier alpha value is -1.85. The van der Waals surface area contributed by atoms with Crippen molar-refractivity contribution in [3.63, 3.8) is 0 Å². The molecule has 0 saturated carbocycles. The summed E-state index contributed by atoms with van der Waals surface area (Å²) in [6.45, 7) is 4.08. The molecule has 1 N–H and O–H groups in total. The molecule has 0 aliphatic rings. The van der Waals surface area contributed by atoms with Crippen LogP contribution >= 0.6 is 0 Å². The first kappa shape index (κ1) is 15.5. The van der Waals surface area contributed by atoms with E-state index in [2.05, 4.69) is 4.90 Å². The molecule has 5 heteroatoms. The van der Waals surface area contributed by atoms with E-state index in [9.17, 15) is 4.79 Å². The first-order chi connectivity index (χ1) is 9.97. The third-order valence-corrected chi connectivity index (χ3v) is 3.50. The lowest BCUT2D eigenvalue weighted by Crippen LogP contribution is -2.35. The van der Waals surface area contributed by atoms with E-state index in [1.54, 1.807) is 0 Å². The standard InChI is InChI=1S/C16H22N2O3/c1-12-14(13-6-4-5-7-15(13)21-12)10-18(11-16(19)20)9-8-17(2)3/h4-7H,8-11H2,1-3H3,(H,19,20). The molecule has 0 unspecified atom stereocenters. The maximum atomic E-state index is 11.1. The quantitative estimate of drug-likeness (QED) is 0.847. The van der Waals surface area contributed by atoms with Crippen molar-refractivity contribution in [1.29, 1.82) is 0 Å². The van der Waals surface area contributed by atoms with Crippen molar-refractivity contribution >= 4 is 16.9 Å². The third-order valence-electron chi connectivity index (χ3n) is 3.50. The Bertz CT molecular complexity index is 619. The lowest BCUT2D eigenvalue weighted by Gasteiger charge is -2.22. The zero-order valence-electron chi connectivity index (χ0n) is 12.8. The summed E-state index contributed by atoms with van der Waals surface area (Å²) in [6, 6.07) is 7.87. The second-order valence-corrected chi connectivity index (χ2v) is 5.54. The lowest BCUT2D eigenvalue weighted by molar-refractivity contribution is -0.138. The fraction of sp³-hybridized carbons (Fsp3) is 0.438. The second kappa shape index (κ2) is 6.74. The Morgan fingerprint density at radius 1 is 1.24 bits per heavy atom. The summed E-state index contributed by atoms with van der Waals surface area (Å²) >= 11 is 0. The van der Waals surface area contributed by atoms with E-state index in [1.165, 1.54) is 0 Å². The Morgan fingerprint density at radius 2 is 1.95 bits per heavy atom. The number of aliphatic carboxylic acids is 1. The predicted octanol–water partition coefficient (Wildman–Crippen LogP) is 2.19. The average Bonchev–Trinajstić information content (AvgIpc) is 2.72. The fourth-order valence-corrected chi connectivity index (χ4v) is 2.39. The van der Waals surface area contributed by atoms with E-state index in [0.29, 0.717) is 13.1 Å². The number of hydrogen-bond donors (Lipinski definition) is 1. The molecule has 21 heavy (non-hydrogen) atoms. The van der Waals surface area contributed by atoms with Gasteiger partial charge in [0.05, 0.1) is 6.54 Å². The predicted molar refractivity (Wildman–Crippen MR) is 82.4 cm³/mol. The zero-order chi connectivity index (χ0) is 15.4. The van der Waals surface area contributed by atoms with Crippen LogP contribution in [0.4, 0.5) is 0 Å². The van der Waals surface area contributed by atoms with Gasteiger partial charge in [-0.15, -0.1) is 0 Å². The van der Waals surface area contributed by atoms with Gasteiger partial charge in [-0.25, -0.2) is 0 Å². The van der Waals surface area contributed by atoms with Crippen LogP contribution in [0.3, 0.4) is 0 Å². The molecule has 0 aliphatic heterocycles. The maximum Gasteiger partial charge on any atom is 0.317 e. The van der Waals surface area contributed by atoms with Gasteiger partial charge in [0, 0.05) is 30.6 Å². The topological polar surface area (TPSA) is 56.9 Å². The lowest BCUT2D eigenvalue weighted by atomic mass is 10.1. The number of para-hydroxylation sites is 1. The average molecular weight is 290 g/mol. The van der Waals surface area contributed by atoms with Crippen LogP contribution in [0.2, 0.25) is 0 Å². The van der Waals surface area contributed by atoms with Crippen molar-refractivity contribution in [2.75, 3.05) is 33.7 Å². The Labute approximate surface area is 124 Å². The molecule has 1 aromatic heterocycles. The van der Waals surface area contributed by atoms with Gasteiger partial charge in [-0.1, -0.05) is 18.2 Å². The van der Waals surface area contributed by atoms with Crippen molar-refractivity contribution in [3.8, 4) is 0 Å². The normalized spacial score (nSPS) is 11.7. The summed E-state index contributed by atoms with van der Waals surface area (Å²) < 4.78 is 5.75. The Morgan fingerprint density at radius 3 is 2.62 bits per heavy atom. The molecule has 0 aliphatic carbocycles. The van der Waals surface area contributed by atoms with Gasteiger partial charge in [0.1, 0.15) is 11.3 Å². The summed E-state index contributed by atoms with van der Waals surface area (Å²) in [5, 5.41) is 10.1. The first-order valence-corrected chi connectivity index (χ1v) is 7.03. The summed E-state index contributed by atoms with van der Waals surface area (Å²) in [4.78, 5) is 15.0. The molecular formula is C16H22N2O3. The van der Waals surface area contributed by atoms with E-state index in [-0.39, 0.29) is 6.54 Å². The van der Waals surface area contributed by atoms with Gasteiger partial charge in [0.2, 0.25) is 0 Å². The number of likely N-dealkylation sites (N-methyl/N-ethyl adjacent to an activating group) is 1. The van der Waals surface area contributed by atoms with Gasteiger partial charge >= 0.3 is 5.97 Å². The van der Waals surface area contributed by atoms with Crippen LogP contribution in [-0.2, 0) is 11.3 Å². The number of furan rings is 1. The molecule has 5 nitrogen and oxygen atoms in total. The molecule has 1 heterocycles. The highest BCUT2D eigenvalue weighted by Crippen LogP contribution is 2.26. The summed E-state index contributed by atoms with van der Waals surface area (Å²) in [7, 11) is 3.97. The minimum atomic E-state index is -0.806. The van der Waals surface area contributed by atoms with Gasteiger partial charge < -0.3 is 14.4 Å². The zero-order valence-corrected chi connectivity index (χ0v) is 12.8. The number of carboxylic acid groups (broad SMARTS) is 1. The minimum absolute atomic E-state index is 0.0345. The van der Waals surface area contributed by atoms with E-state index in [0.717, 1.165) is 28.8 Å². The van der Waals surface area contributed by atoms with Crippen LogP contribution in [0, 0.1) is 6.92 Å². The van der Waals surface area contributed by atoms with Crippen molar-refractivity contribution in [2.24, 2.45) is 0 Å². The Kier molecular flexibility index (Phi) is 4.98. The van der Waals surface area contributed by atoms with Gasteiger partial charge in [-0.05, 0) is 27.1 Å². The van der Waals surface area contributed by atoms with Crippen LogP contribution in [0.25, 0.3) is 11.0 Å². The van der Waals surface area contributed by atoms with E-state index >= 15 is 0 Å². The fourth-order valence-electron chi connectivity index (χ4n) is 2.39. The molecule has 114 valence electrons. The molecule has 0 amide bonds. The van der Waals surface area contributed by atoms with Crippen molar-refractivity contribution < 1.29 is 14.3 Å². The van der Waals surface area contributed by atoms with Crippen molar-refractivity contribution in [2.45, 2.75) is 13.5 Å². The van der Waals surface area contributed by atoms with E-state index < -0.39 is 5.97 Å². The maximum absolute atomic E-state index is 11.1. The number of rotatable bonds is 7. The molecule has 1 aromatic carbocycles. The smallest absolute Gasteiger partial charge is 0.317 e. The SMILES string of the molecule is Cc1oc2ccccc2c1CN(CCN(C)C)CC(=O)O. The number of nitrogens with zero attached hydrogens (tertiary/aromatic N) is 2. The van der Waals surface area contributed by atoms with Gasteiger partial charge in [-0.3, -0.25) is 9.69 Å². The molecule has 0 saturated heterocycles. The number of aryl methyl sites for hydroxylation is 1. The van der Waals surface area contributed by atoms with Crippen molar-refractivity contribution in [1.82, 2.24) is 9.80 Å². The molecule has 0 bridgehead atoms. The second-order valence-electron chi connectivity index (χ2n) is 5.54. The molecular weight excluding hydrogens is 268 g/mol. The highest BCUT2D eigenvalue weighted by atomic mass is 16.4. The van der Waals surface area contributed by atoms with Gasteiger partial charge in [0.15, 0.2) is 0 Å².